The molecule has 0 aromatic heterocycles. The molecule has 0 aromatic carbocycles. The van der Waals surface area contributed by atoms with Crippen LogP contribution in [0.4, 0.5) is 0 Å². The van der Waals surface area contributed by atoms with Gasteiger partial charge in [-0.2, -0.15) is 0 Å². The van der Waals surface area contributed by atoms with E-state index in [9.17, 15) is 4.79 Å². The van der Waals surface area contributed by atoms with Crippen molar-refractivity contribution in [2.75, 3.05) is 19.6 Å². The van der Waals surface area contributed by atoms with Crippen LogP contribution in [0.15, 0.2) is 0 Å². The minimum atomic E-state index is -0.0629. The molecule has 1 aliphatic carbocycles. The molecule has 1 saturated heterocycles. The molecule has 0 radical (unpaired) electrons. The molecule has 19 heavy (non-hydrogen) atoms. The second-order valence-corrected chi connectivity index (χ2v) is 6.31. The molecule has 3 N–H and O–H groups in total. The van der Waals surface area contributed by atoms with E-state index in [1.54, 1.807) is 0 Å². The molecule has 1 aliphatic heterocycles. The van der Waals surface area contributed by atoms with Crippen molar-refractivity contribution in [3.05, 3.63) is 0 Å². The molecule has 1 saturated carbocycles. The van der Waals surface area contributed by atoms with Crippen molar-refractivity contribution >= 4 is 5.91 Å². The molecule has 0 unspecified atom stereocenters. The Kier molecular flexibility index (Phi) is 5.22. The zero-order chi connectivity index (χ0) is 13.7. The fourth-order valence-corrected chi connectivity index (χ4v) is 3.61. The van der Waals surface area contributed by atoms with Crippen LogP contribution in [0, 0.1) is 5.41 Å². The average molecular weight is 267 g/mol. The van der Waals surface area contributed by atoms with Crippen molar-refractivity contribution in [3.63, 3.8) is 0 Å². The maximum atomic E-state index is 11.7. The summed E-state index contributed by atoms with van der Waals surface area (Å²) in [5, 5.41) is 9.84. The summed E-state index contributed by atoms with van der Waals surface area (Å²) < 4.78 is 0. The Hall–Kier alpha value is -0.610. The second kappa shape index (κ2) is 6.71. The summed E-state index contributed by atoms with van der Waals surface area (Å²) >= 11 is 0. The van der Waals surface area contributed by atoms with Crippen LogP contribution in [0.3, 0.4) is 0 Å². The van der Waals surface area contributed by atoms with Crippen LogP contribution in [0.2, 0.25) is 0 Å². The lowest BCUT2D eigenvalue weighted by Crippen LogP contribution is -2.49. The highest BCUT2D eigenvalue weighted by molar-refractivity contribution is 5.81. The zero-order valence-corrected chi connectivity index (χ0v) is 12.4. The lowest BCUT2D eigenvalue weighted by molar-refractivity contribution is -0.122. The number of amides is 1. The summed E-state index contributed by atoms with van der Waals surface area (Å²) in [6.45, 7) is 7.03. The first kappa shape index (κ1) is 14.8. The SMILES string of the molecule is CCNC(=O)[C@@H](C)NC1CCC2(CCNCC2)CC1. The van der Waals surface area contributed by atoms with Crippen LogP contribution >= 0.6 is 0 Å². The smallest absolute Gasteiger partial charge is 0.236 e. The molecule has 110 valence electrons. The van der Waals surface area contributed by atoms with Gasteiger partial charge in [0.15, 0.2) is 0 Å². The molecule has 1 amide bonds. The third kappa shape index (κ3) is 3.93. The van der Waals surface area contributed by atoms with E-state index in [-0.39, 0.29) is 11.9 Å². The largest absolute Gasteiger partial charge is 0.355 e. The van der Waals surface area contributed by atoms with E-state index in [0.29, 0.717) is 18.0 Å². The molecule has 2 fully saturated rings. The Balaban J connectivity index is 1.75. The summed E-state index contributed by atoms with van der Waals surface area (Å²) in [6.07, 6.45) is 7.79. The van der Waals surface area contributed by atoms with Crippen molar-refractivity contribution in [1.29, 1.82) is 0 Å². The molecule has 0 aromatic rings. The summed E-state index contributed by atoms with van der Waals surface area (Å²) in [5.41, 5.74) is 0.609. The predicted octanol–water partition coefficient (Wildman–Crippen LogP) is 1.41. The van der Waals surface area contributed by atoms with Crippen LogP contribution in [-0.4, -0.2) is 37.6 Å². The Morgan fingerprint density at radius 3 is 2.47 bits per heavy atom. The molecule has 4 heteroatoms. The van der Waals surface area contributed by atoms with E-state index < -0.39 is 0 Å². The van der Waals surface area contributed by atoms with Gasteiger partial charge in [-0.1, -0.05) is 0 Å². The topological polar surface area (TPSA) is 53.2 Å². The summed E-state index contributed by atoms with van der Waals surface area (Å²) in [6, 6.07) is 0.463. The highest BCUT2D eigenvalue weighted by Gasteiger charge is 2.36. The minimum absolute atomic E-state index is 0.0629. The monoisotopic (exact) mass is 267 g/mol. The van der Waals surface area contributed by atoms with Crippen molar-refractivity contribution in [1.82, 2.24) is 16.0 Å². The van der Waals surface area contributed by atoms with E-state index in [4.69, 9.17) is 0 Å². The average Bonchev–Trinajstić information content (AvgIpc) is 2.43. The van der Waals surface area contributed by atoms with Gasteiger partial charge in [0.1, 0.15) is 0 Å². The van der Waals surface area contributed by atoms with Gasteiger partial charge in [0.25, 0.3) is 0 Å². The third-order valence-corrected chi connectivity index (χ3v) is 4.94. The van der Waals surface area contributed by atoms with Gasteiger partial charge in [-0.15, -0.1) is 0 Å². The highest BCUT2D eigenvalue weighted by atomic mass is 16.2. The van der Waals surface area contributed by atoms with E-state index in [1.807, 2.05) is 13.8 Å². The van der Waals surface area contributed by atoms with E-state index in [0.717, 1.165) is 0 Å². The summed E-state index contributed by atoms with van der Waals surface area (Å²) in [7, 11) is 0. The number of hydrogen-bond donors (Lipinski definition) is 3. The predicted molar refractivity (Wildman–Crippen MR) is 78.1 cm³/mol. The maximum Gasteiger partial charge on any atom is 0.236 e. The van der Waals surface area contributed by atoms with Crippen molar-refractivity contribution in [2.24, 2.45) is 5.41 Å². The molecule has 0 bridgehead atoms. The quantitative estimate of drug-likeness (QED) is 0.722. The highest BCUT2D eigenvalue weighted by Crippen LogP contribution is 2.43. The standard InChI is InChI=1S/C15H29N3O/c1-3-17-14(19)12(2)18-13-4-6-15(7-5-13)8-10-16-11-9-15/h12-13,16,18H,3-11H2,1-2H3,(H,17,19)/t12-/m1/s1. The first-order valence-corrected chi connectivity index (χ1v) is 7.90. The first-order chi connectivity index (χ1) is 9.15. The molecular weight excluding hydrogens is 238 g/mol. The molecule has 2 rings (SSSR count). The van der Waals surface area contributed by atoms with Crippen LogP contribution < -0.4 is 16.0 Å². The van der Waals surface area contributed by atoms with Crippen LogP contribution in [0.5, 0.6) is 0 Å². The van der Waals surface area contributed by atoms with Gasteiger partial charge in [-0.3, -0.25) is 4.79 Å². The Labute approximate surface area is 117 Å². The summed E-state index contributed by atoms with van der Waals surface area (Å²) in [5.74, 6) is 0.129. The molecular formula is C15H29N3O. The van der Waals surface area contributed by atoms with Crippen LogP contribution in [-0.2, 0) is 4.79 Å². The third-order valence-electron chi connectivity index (χ3n) is 4.94. The normalized spacial score (nSPS) is 25.2. The fourth-order valence-electron chi connectivity index (χ4n) is 3.61. The zero-order valence-electron chi connectivity index (χ0n) is 12.4. The fraction of sp³-hybridized carbons (Fsp3) is 0.933. The lowest BCUT2D eigenvalue weighted by Gasteiger charge is -2.43. The molecule has 1 heterocycles. The van der Waals surface area contributed by atoms with Gasteiger partial charge in [0.05, 0.1) is 6.04 Å². The number of carbonyl (C=O) groups is 1. The van der Waals surface area contributed by atoms with Crippen molar-refractivity contribution < 1.29 is 4.79 Å². The number of piperidine rings is 1. The number of nitrogens with one attached hydrogen (secondary N) is 3. The van der Waals surface area contributed by atoms with E-state index in [2.05, 4.69) is 16.0 Å². The Morgan fingerprint density at radius 2 is 1.89 bits per heavy atom. The lowest BCUT2D eigenvalue weighted by atomic mass is 9.67. The van der Waals surface area contributed by atoms with Crippen LogP contribution in [0.1, 0.15) is 52.4 Å². The molecule has 4 nitrogen and oxygen atoms in total. The van der Waals surface area contributed by atoms with Crippen molar-refractivity contribution in [3.8, 4) is 0 Å². The number of rotatable bonds is 4. The summed E-state index contributed by atoms with van der Waals surface area (Å²) in [4.78, 5) is 11.7. The molecule has 2 aliphatic rings. The van der Waals surface area contributed by atoms with Gasteiger partial charge in [0, 0.05) is 12.6 Å². The van der Waals surface area contributed by atoms with Gasteiger partial charge in [-0.05, 0) is 70.9 Å². The van der Waals surface area contributed by atoms with Gasteiger partial charge >= 0.3 is 0 Å². The second-order valence-electron chi connectivity index (χ2n) is 6.31. The first-order valence-electron chi connectivity index (χ1n) is 7.90. The van der Waals surface area contributed by atoms with E-state index >= 15 is 0 Å². The van der Waals surface area contributed by atoms with Gasteiger partial charge < -0.3 is 16.0 Å². The minimum Gasteiger partial charge on any atom is -0.355 e. The Morgan fingerprint density at radius 1 is 1.26 bits per heavy atom. The molecule has 1 atom stereocenters. The van der Waals surface area contributed by atoms with Gasteiger partial charge in [0.2, 0.25) is 5.91 Å². The number of likely N-dealkylation sites (N-methyl/N-ethyl adjacent to an activating group) is 1. The number of carbonyl (C=O) groups excluding carboxylic acids is 1. The molecule has 1 spiro atoms. The van der Waals surface area contributed by atoms with E-state index in [1.165, 1.54) is 51.6 Å². The van der Waals surface area contributed by atoms with Crippen LogP contribution in [0.25, 0.3) is 0 Å². The number of hydrogen-bond acceptors (Lipinski definition) is 3. The van der Waals surface area contributed by atoms with Gasteiger partial charge in [-0.25, -0.2) is 0 Å². The Bertz CT molecular complexity index is 290. The maximum absolute atomic E-state index is 11.7. The van der Waals surface area contributed by atoms with Crippen molar-refractivity contribution in [2.45, 2.75) is 64.5 Å².